The molecule has 3 nitrogen and oxygen atoms in total. The molecular weight excluding hydrogens is 292 g/mol. The van der Waals surface area contributed by atoms with Crippen LogP contribution in [-0.4, -0.2) is 30.6 Å². The number of nitrogens with zero attached hydrogens (tertiary/aromatic N) is 1. The molecule has 98 valence electrons. The smallest absolute Gasteiger partial charge is 0.127 e. The highest BCUT2D eigenvalue weighted by Gasteiger charge is 2.29. The van der Waals surface area contributed by atoms with Crippen molar-refractivity contribution in [3.8, 4) is 5.75 Å². The molecule has 0 unspecified atom stereocenters. The third-order valence-corrected chi connectivity index (χ3v) is 4.14. The van der Waals surface area contributed by atoms with Crippen molar-refractivity contribution in [2.75, 3.05) is 19.7 Å². The second-order valence-corrected chi connectivity index (χ2v) is 6.06. The molecule has 0 radical (unpaired) electrons. The molecule has 18 heavy (non-hydrogen) atoms. The van der Waals surface area contributed by atoms with Crippen LogP contribution in [0.1, 0.15) is 24.0 Å². The first-order valence-electron chi connectivity index (χ1n) is 6.66. The van der Waals surface area contributed by atoms with E-state index in [1.54, 1.807) is 0 Å². The zero-order valence-corrected chi connectivity index (χ0v) is 12.1. The van der Waals surface area contributed by atoms with E-state index in [0.717, 1.165) is 48.9 Å². The Kier molecular flexibility index (Phi) is 3.59. The van der Waals surface area contributed by atoms with Gasteiger partial charge in [0, 0.05) is 42.1 Å². The van der Waals surface area contributed by atoms with Gasteiger partial charge in [0.1, 0.15) is 5.75 Å². The average Bonchev–Trinajstić information content (AvgIpc) is 3.07. The van der Waals surface area contributed by atoms with Crippen LogP contribution < -0.4 is 10.5 Å². The Morgan fingerprint density at radius 1 is 1.39 bits per heavy atom. The van der Waals surface area contributed by atoms with Crippen LogP contribution in [0, 0.1) is 0 Å². The topological polar surface area (TPSA) is 38.5 Å². The predicted octanol–water partition coefficient (Wildman–Crippen LogP) is 2.31. The summed E-state index contributed by atoms with van der Waals surface area (Å²) in [6, 6.07) is 5.11. The van der Waals surface area contributed by atoms with Gasteiger partial charge in [-0.1, -0.05) is 15.9 Å². The maximum absolute atomic E-state index is 5.79. The predicted molar refractivity (Wildman–Crippen MR) is 75.8 cm³/mol. The van der Waals surface area contributed by atoms with Gasteiger partial charge >= 0.3 is 0 Å². The third kappa shape index (κ3) is 2.56. The van der Waals surface area contributed by atoms with Crippen molar-refractivity contribution in [2.45, 2.75) is 31.8 Å². The van der Waals surface area contributed by atoms with Crippen LogP contribution in [0.3, 0.4) is 0 Å². The molecule has 0 spiro atoms. The molecule has 1 fully saturated rings. The molecule has 1 saturated carbocycles. The Balaban J connectivity index is 1.82. The van der Waals surface area contributed by atoms with Gasteiger partial charge in [-0.25, -0.2) is 0 Å². The number of rotatable bonds is 5. The monoisotopic (exact) mass is 310 g/mol. The first kappa shape index (κ1) is 12.5. The number of hydrogen-bond donors (Lipinski definition) is 1. The number of halogens is 1. The largest absolute Gasteiger partial charge is 0.493 e. The number of fused-ring (bicyclic) bond motifs is 1. The quantitative estimate of drug-likeness (QED) is 0.907. The Morgan fingerprint density at radius 3 is 2.94 bits per heavy atom. The molecule has 0 saturated heterocycles. The van der Waals surface area contributed by atoms with Crippen molar-refractivity contribution in [3.05, 3.63) is 27.7 Å². The maximum atomic E-state index is 5.79. The van der Waals surface area contributed by atoms with Crippen molar-refractivity contribution in [3.63, 3.8) is 0 Å². The zero-order valence-electron chi connectivity index (χ0n) is 10.5. The van der Waals surface area contributed by atoms with Crippen molar-refractivity contribution in [1.82, 2.24) is 4.90 Å². The summed E-state index contributed by atoms with van der Waals surface area (Å²) < 4.78 is 6.94. The fraction of sp³-hybridized carbons (Fsp3) is 0.571. The van der Waals surface area contributed by atoms with E-state index in [-0.39, 0.29) is 0 Å². The normalized spacial score (nSPS) is 17.9. The van der Waals surface area contributed by atoms with Crippen LogP contribution in [0.2, 0.25) is 0 Å². The second kappa shape index (κ2) is 5.19. The average molecular weight is 311 g/mol. The summed E-state index contributed by atoms with van der Waals surface area (Å²) >= 11 is 3.60. The lowest BCUT2D eigenvalue weighted by Crippen LogP contribution is -2.31. The van der Waals surface area contributed by atoms with Gasteiger partial charge in [-0.3, -0.25) is 4.90 Å². The van der Waals surface area contributed by atoms with Gasteiger partial charge in [-0.15, -0.1) is 0 Å². The summed E-state index contributed by atoms with van der Waals surface area (Å²) in [5.74, 6) is 1.11. The van der Waals surface area contributed by atoms with Crippen LogP contribution in [0.25, 0.3) is 0 Å². The Hall–Kier alpha value is -0.580. The highest BCUT2D eigenvalue weighted by molar-refractivity contribution is 9.10. The molecule has 3 rings (SSSR count). The first-order chi connectivity index (χ1) is 8.78. The number of ether oxygens (including phenoxy) is 1. The fourth-order valence-corrected chi connectivity index (χ4v) is 3.23. The minimum Gasteiger partial charge on any atom is -0.493 e. The lowest BCUT2D eigenvalue weighted by Gasteiger charge is -2.22. The Bertz CT molecular complexity index is 446. The summed E-state index contributed by atoms with van der Waals surface area (Å²) in [5.41, 5.74) is 8.35. The van der Waals surface area contributed by atoms with E-state index in [9.17, 15) is 0 Å². The van der Waals surface area contributed by atoms with Gasteiger partial charge in [0.25, 0.3) is 0 Å². The highest BCUT2D eigenvalue weighted by Crippen LogP contribution is 2.36. The van der Waals surface area contributed by atoms with Gasteiger partial charge in [0.2, 0.25) is 0 Å². The van der Waals surface area contributed by atoms with E-state index in [1.165, 1.54) is 24.0 Å². The van der Waals surface area contributed by atoms with E-state index in [2.05, 4.69) is 33.0 Å². The Morgan fingerprint density at radius 2 is 2.22 bits per heavy atom. The lowest BCUT2D eigenvalue weighted by molar-refractivity contribution is 0.256. The molecule has 2 aliphatic rings. The number of hydrogen-bond acceptors (Lipinski definition) is 3. The van der Waals surface area contributed by atoms with Crippen molar-refractivity contribution in [1.29, 1.82) is 0 Å². The van der Waals surface area contributed by atoms with E-state index in [0.29, 0.717) is 0 Å². The van der Waals surface area contributed by atoms with Crippen LogP contribution in [0.5, 0.6) is 5.75 Å². The molecule has 0 atom stereocenters. The molecule has 1 aromatic rings. The van der Waals surface area contributed by atoms with Crippen LogP contribution in [-0.2, 0) is 13.0 Å². The molecule has 0 aromatic heterocycles. The summed E-state index contributed by atoms with van der Waals surface area (Å²) in [7, 11) is 0. The Labute approximate surface area is 116 Å². The fourth-order valence-electron chi connectivity index (χ4n) is 2.68. The molecular formula is C14H19BrN2O. The van der Waals surface area contributed by atoms with E-state index in [4.69, 9.17) is 10.5 Å². The zero-order chi connectivity index (χ0) is 12.5. The first-order valence-corrected chi connectivity index (χ1v) is 7.45. The van der Waals surface area contributed by atoms with Crippen molar-refractivity contribution in [2.24, 2.45) is 5.73 Å². The molecule has 2 N–H and O–H groups in total. The SMILES string of the molecule is NCCN(Cc1cc(Br)cc2c1OCC2)C1CC1. The summed E-state index contributed by atoms with van der Waals surface area (Å²) in [6.45, 7) is 3.49. The van der Waals surface area contributed by atoms with Gasteiger partial charge < -0.3 is 10.5 Å². The van der Waals surface area contributed by atoms with Crippen LogP contribution in [0.15, 0.2) is 16.6 Å². The van der Waals surface area contributed by atoms with E-state index in [1.807, 2.05) is 0 Å². The third-order valence-electron chi connectivity index (χ3n) is 3.68. The highest BCUT2D eigenvalue weighted by atomic mass is 79.9. The molecule has 1 aliphatic heterocycles. The van der Waals surface area contributed by atoms with Crippen LogP contribution >= 0.6 is 15.9 Å². The van der Waals surface area contributed by atoms with E-state index < -0.39 is 0 Å². The van der Waals surface area contributed by atoms with Gasteiger partial charge in [-0.2, -0.15) is 0 Å². The molecule has 1 aliphatic carbocycles. The standard InChI is InChI=1S/C14H19BrN2O/c15-12-7-10-3-6-18-14(10)11(8-12)9-17(5-4-16)13-1-2-13/h7-8,13H,1-6,9,16H2. The molecule has 0 bridgehead atoms. The minimum atomic E-state index is 0.730. The van der Waals surface area contributed by atoms with Gasteiger partial charge in [0.05, 0.1) is 6.61 Å². The molecule has 4 heteroatoms. The minimum absolute atomic E-state index is 0.730. The van der Waals surface area contributed by atoms with Crippen molar-refractivity contribution >= 4 is 15.9 Å². The molecule has 1 heterocycles. The lowest BCUT2D eigenvalue weighted by atomic mass is 10.1. The summed E-state index contributed by atoms with van der Waals surface area (Å²) in [5, 5.41) is 0. The summed E-state index contributed by atoms with van der Waals surface area (Å²) in [4.78, 5) is 2.49. The number of nitrogens with two attached hydrogens (primary N) is 1. The van der Waals surface area contributed by atoms with Crippen molar-refractivity contribution < 1.29 is 4.74 Å². The van der Waals surface area contributed by atoms with Crippen LogP contribution in [0.4, 0.5) is 0 Å². The van der Waals surface area contributed by atoms with Gasteiger partial charge in [-0.05, 0) is 30.5 Å². The number of benzene rings is 1. The molecule has 1 aromatic carbocycles. The molecule has 0 amide bonds. The van der Waals surface area contributed by atoms with E-state index >= 15 is 0 Å². The second-order valence-electron chi connectivity index (χ2n) is 5.14. The summed E-state index contributed by atoms with van der Waals surface area (Å²) in [6.07, 6.45) is 3.66. The van der Waals surface area contributed by atoms with Gasteiger partial charge in [0.15, 0.2) is 0 Å². The maximum Gasteiger partial charge on any atom is 0.127 e.